The number of carbonyl (C=O) groups excluding carboxylic acids is 1. The van der Waals surface area contributed by atoms with Crippen molar-refractivity contribution in [3.8, 4) is 0 Å². The van der Waals surface area contributed by atoms with Crippen molar-refractivity contribution in [3.05, 3.63) is 35.9 Å². The standard InChI is InChI=1S/C13H18N2O.ClH/c14-12(11-7-3-1-4-8-11)13(16)15-9-5-2-6-10-15;/h1,3-4,7-8,12H,2,5-6,9-10,14H2;1H/t12-;/m1./s1. The number of carbonyl (C=O) groups is 1. The molecule has 1 saturated heterocycles. The molecule has 0 bridgehead atoms. The average Bonchev–Trinajstić information content (AvgIpc) is 2.39. The minimum atomic E-state index is -0.501. The van der Waals surface area contributed by atoms with Gasteiger partial charge in [-0.2, -0.15) is 0 Å². The number of hydrogen-bond acceptors (Lipinski definition) is 2. The van der Waals surface area contributed by atoms with Crippen LogP contribution in [0, 0.1) is 0 Å². The molecule has 17 heavy (non-hydrogen) atoms. The molecule has 1 heterocycles. The molecule has 2 rings (SSSR count). The van der Waals surface area contributed by atoms with Crippen LogP contribution in [0.15, 0.2) is 30.3 Å². The van der Waals surface area contributed by atoms with Gasteiger partial charge < -0.3 is 10.6 Å². The van der Waals surface area contributed by atoms with Crippen LogP contribution < -0.4 is 5.73 Å². The quantitative estimate of drug-likeness (QED) is 0.879. The molecule has 1 fully saturated rings. The van der Waals surface area contributed by atoms with Crippen molar-refractivity contribution < 1.29 is 4.79 Å². The Morgan fingerprint density at radius 1 is 1.12 bits per heavy atom. The second kappa shape index (κ2) is 6.62. The van der Waals surface area contributed by atoms with E-state index >= 15 is 0 Å². The topological polar surface area (TPSA) is 46.3 Å². The number of rotatable bonds is 2. The SMILES string of the molecule is Cl.N[C@@H](C(=O)N1CCCCC1)c1ccccc1. The van der Waals surface area contributed by atoms with Crippen LogP contribution in [0.2, 0.25) is 0 Å². The van der Waals surface area contributed by atoms with Gasteiger partial charge in [0.1, 0.15) is 6.04 Å². The van der Waals surface area contributed by atoms with Crippen molar-refractivity contribution >= 4 is 18.3 Å². The average molecular weight is 255 g/mol. The van der Waals surface area contributed by atoms with Crippen LogP contribution in [0.25, 0.3) is 0 Å². The molecule has 1 atom stereocenters. The molecule has 3 nitrogen and oxygen atoms in total. The smallest absolute Gasteiger partial charge is 0.244 e. The number of hydrogen-bond donors (Lipinski definition) is 1. The van der Waals surface area contributed by atoms with E-state index in [1.807, 2.05) is 35.2 Å². The molecule has 2 N–H and O–H groups in total. The van der Waals surface area contributed by atoms with Crippen LogP contribution in [0.4, 0.5) is 0 Å². The van der Waals surface area contributed by atoms with E-state index in [1.54, 1.807) is 0 Å². The summed E-state index contributed by atoms with van der Waals surface area (Å²) in [4.78, 5) is 14.0. The van der Waals surface area contributed by atoms with E-state index < -0.39 is 6.04 Å². The first-order chi connectivity index (χ1) is 7.79. The van der Waals surface area contributed by atoms with E-state index in [1.165, 1.54) is 6.42 Å². The molecule has 1 aromatic rings. The highest BCUT2D eigenvalue weighted by Gasteiger charge is 2.23. The van der Waals surface area contributed by atoms with Gasteiger partial charge in [-0.1, -0.05) is 30.3 Å². The fraction of sp³-hybridized carbons (Fsp3) is 0.462. The number of nitrogens with two attached hydrogens (primary N) is 1. The van der Waals surface area contributed by atoms with E-state index in [-0.39, 0.29) is 18.3 Å². The van der Waals surface area contributed by atoms with Gasteiger partial charge in [0.25, 0.3) is 0 Å². The van der Waals surface area contributed by atoms with Crippen molar-refractivity contribution in [2.45, 2.75) is 25.3 Å². The van der Waals surface area contributed by atoms with Crippen LogP contribution in [-0.2, 0) is 4.79 Å². The van der Waals surface area contributed by atoms with E-state index in [0.29, 0.717) is 0 Å². The summed E-state index contributed by atoms with van der Waals surface area (Å²) in [5.74, 6) is 0.0610. The van der Waals surface area contributed by atoms with Gasteiger partial charge in [0.2, 0.25) is 5.91 Å². The van der Waals surface area contributed by atoms with Gasteiger partial charge in [-0.15, -0.1) is 12.4 Å². The normalized spacial score (nSPS) is 17.1. The summed E-state index contributed by atoms with van der Waals surface area (Å²) in [5, 5.41) is 0. The minimum Gasteiger partial charge on any atom is -0.341 e. The van der Waals surface area contributed by atoms with Crippen LogP contribution in [0.5, 0.6) is 0 Å². The largest absolute Gasteiger partial charge is 0.341 e. The molecule has 1 aliphatic heterocycles. The molecule has 0 radical (unpaired) electrons. The van der Waals surface area contributed by atoms with Crippen molar-refractivity contribution in [1.82, 2.24) is 4.90 Å². The molecule has 4 heteroatoms. The summed E-state index contributed by atoms with van der Waals surface area (Å²) >= 11 is 0. The first-order valence-corrected chi connectivity index (χ1v) is 5.88. The van der Waals surface area contributed by atoms with Gasteiger partial charge in [-0.05, 0) is 24.8 Å². The van der Waals surface area contributed by atoms with Crippen molar-refractivity contribution in [2.24, 2.45) is 5.73 Å². The molecule has 94 valence electrons. The van der Waals surface area contributed by atoms with Crippen LogP contribution >= 0.6 is 12.4 Å². The van der Waals surface area contributed by atoms with Gasteiger partial charge in [0.05, 0.1) is 0 Å². The zero-order valence-electron chi connectivity index (χ0n) is 9.84. The predicted molar refractivity (Wildman–Crippen MR) is 71.0 cm³/mol. The van der Waals surface area contributed by atoms with Gasteiger partial charge in [0, 0.05) is 13.1 Å². The molecule has 0 saturated carbocycles. The van der Waals surface area contributed by atoms with E-state index in [2.05, 4.69) is 0 Å². The zero-order chi connectivity index (χ0) is 11.4. The first kappa shape index (κ1) is 14.0. The zero-order valence-corrected chi connectivity index (χ0v) is 10.7. The Bertz CT molecular complexity index is 350. The molecule has 0 spiro atoms. The van der Waals surface area contributed by atoms with Crippen LogP contribution in [-0.4, -0.2) is 23.9 Å². The lowest BCUT2D eigenvalue weighted by Gasteiger charge is -2.29. The summed E-state index contributed by atoms with van der Waals surface area (Å²) in [5.41, 5.74) is 6.88. The molecular formula is C13H19ClN2O. The first-order valence-electron chi connectivity index (χ1n) is 5.88. The maximum atomic E-state index is 12.1. The second-order valence-corrected chi connectivity index (χ2v) is 4.27. The molecule has 1 aromatic carbocycles. The summed E-state index contributed by atoms with van der Waals surface area (Å²) in [6.45, 7) is 1.72. The monoisotopic (exact) mass is 254 g/mol. The molecule has 1 aliphatic rings. The maximum Gasteiger partial charge on any atom is 0.244 e. The second-order valence-electron chi connectivity index (χ2n) is 4.27. The van der Waals surface area contributed by atoms with Gasteiger partial charge in [-0.25, -0.2) is 0 Å². The maximum absolute atomic E-state index is 12.1. The Labute approximate surface area is 108 Å². The fourth-order valence-electron chi connectivity index (χ4n) is 2.11. The summed E-state index contributed by atoms with van der Waals surface area (Å²) < 4.78 is 0. The van der Waals surface area contributed by atoms with Crippen LogP contribution in [0.3, 0.4) is 0 Å². The van der Waals surface area contributed by atoms with Crippen LogP contribution in [0.1, 0.15) is 30.9 Å². The van der Waals surface area contributed by atoms with Gasteiger partial charge in [-0.3, -0.25) is 4.79 Å². The Morgan fingerprint density at radius 2 is 1.71 bits per heavy atom. The fourth-order valence-corrected chi connectivity index (χ4v) is 2.11. The number of benzene rings is 1. The van der Waals surface area contributed by atoms with Crippen molar-refractivity contribution in [3.63, 3.8) is 0 Å². The number of amides is 1. The third kappa shape index (κ3) is 3.45. The minimum absolute atomic E-state index is 0. The van der Waals surface area contributed by atoms with Gasteiger partial charge >= 0.3 is 0 Å². The molecule has 0 unspecified atom stereocenters. The Balaban J connectivity index is 0.00000144. The Hall–Kier alpha value is -1.06. The summed E-state index contributed by atoms with van der Waals surface area (Å²) in [6.07, 6.45) is 3.44. The third-order valence-electron chi connectivity index (χ3n) is 3.09. The van der Waals surface area contributed by atoms with E-state index in [4.69, 9.17) is 5.73 Å². The van der Waals surface area contributed by atoms with E-state index in [0.717, 1.165) is 31.5 Å². The lowest BCUT2D eigenvalue weighted by Crippen LogP contribution is -2.41. The van der Waals surface area contributed by atoms with E-state index in [9.17, 15) is 4.79 Å². The Morgan fingerprint density at radius 3 is 2.29 bits per heavy atom. The number of nitrogens with zero attached hydrogens (tertiary/aromatic N) is 1. The number of likely N-dealkylation sites (tertiary alicyclic amines) is 1. The summed E-state index contributed by atoms with van der Waals surface area (Å²) in [7, 11) is 0. The molecule has 0 aromatic heterocycles. The highest BCUT2D eigenvalue weighted by molar-refractivity contribution is 5.85. The lowest BCUT2D eigenvalue weighted by molar-refractivity contribution is -0.133. The predicted octanol–water partition coefficient (Wildman–Crippen LogP) is 2.12. The lowest BCUT2D eigenvalue weighted by atomic mass is 10.0. The third-order valence-corrected chi connectivity index (χ3v) is 3.09. The highest BCUT2D eigenvalue weighted by Crippen LogP contribution is 2.16. The number of piperidine rings is 1. The molecule has 0 aliphatic carbocycles. The molecule has 1 amide bonds. The summed E-state index contributed by atoms with van der Waals surface area (Å²) in [6, 6.07) is 9.08. The van der Waals surface area contributed by atoms with Crippen molar-refractivity contribution in [2.75, 3.05) is 13.1 Å². The Kier molecular flexibility index (Phi) is 5.45. The molecular weight excluding hydrogens is 236 g/mol. The van der Waals surface area contributed by atoms with Crippen molar-refractivity contribution in [1.29, 1.82) is 0 Å². The number of halogens is 1. The highest BCUT2D eigenvalue weighted by atomic mass is 35.5. The van der Waals surface area contributed by atoms with Gasteiger partial charge in [0.15, 0.2) is 0 Å².